The van der Waals surface area contributed by atoms with E-state index in [0.717, 1.165) is 58.2 Å². The SMILES string of the molecule is Cc1cc2c(cc1Nc1ccccc1)C1(OC(=O)c3ccccc31)c1ccc(N3CC(C)C(C)C3)cc1O2. The van der Waals surface area contributed by atoms with Crippen molar-refractivity contribution in [3.05, 3.63) is 113 Å². The Hall–Kier alpha value is -4.25. The standard InChI is InChI=1S/C33H30N2O3/c1-20-15-30-28(17-29(20)34-23-9-5-4-6-10-23)33(26-12-8-7-11-25(26)32(36)38-33)27-14-13-24(16-31(27)37-30)35-18-21(2)22(3)19-35/h4-17,21-22,34H,18-19H2,1-3H3. The highest BCUT2D eigenvalue weighted by Gasteiger charge is 2.53. The van der Waals surface area contributed by atoms with E-state index in [9.17, 15) is 4.79 Å². The molecule has 7 rings (SSSR count). The van der Waals surface area contributed by atoms with Gasteiger partial charge in [0.15, 0.2) is 5.60 Å². The minimum atomic E-state index is -1.08. The van der Waals surface area contributed by atoms with Gasteiger partial charge >= 0.3 is 5.97 Å². The Labute approximate surface area is 223 Å². The van der Waals surface area contributed by atoms with E-state index >= 15 is 0 Å². The highest BCUT2D eigenvalue weighted by Crippen LogP contribution is 2.57. The molecule has 5 heteroatoms. The Bertz CT molecular complexity index is 1570. The number of carbonyl (C=O) groups is 1. The first-order valence-electron chi connectivity index (χ1n) is 13.3. The van der Waals surface area contributed by atoms with Crippen molar-refractivity contribution in [3.8, 4) is 11.5 Å². The third-order valence-electron chi connectivity index (χ3n) is 8.45. The van der Waals surface area contributed by atoms with Crippen molar-refractivity contribution >= 4 is 23.0 Å². The summed E-state index contributed by atoms with van der Waals surface area (Å²) in [4.78, 5) is 15.7. The van der Waals surface area contributed by atoms with E-state index < -0.39 is 5.60 Å². The van der Waals surface area contributed by atoms with Crippen LogP contribution in [0, 0.1) is 18.8 Å². The Morgan fingerprint density at radius 3 is 2.32 bits per heavy atom. The maximum Gasteiger partial charge on any atom is 0.340 e. The highest BCUT2D eigenvalue weighted by molar-refractivity contribution is 5.97. The van der Waals surface area contributed by atoms with Gasteiger partial charge in [-0.3, -0.25) is 0 Å². The van der Waals surface area contributed by atoms with Gasteiger partial charge in [-0.05, 0) is 66.8 Å². The third-order valence-corrected chi connectivity index (χ3v) is 8.45. The van der Waals surface area contributed by atoms with Gasteiger partial charge in [0, 0.05) is 52.9 Å². The molecule has 0 saturated carbocycles. The quantitative estimate of drug-likeness (QED) is 0.296. The summed E-state index contributed by atoms with van der Waals surface area (Å²) in [6.07, 6.45) is 0. The fraction of sp³-hybridized carbons (Fsp3) is 0.242. The number of carbonyl (C=O) groups excluding carboxylic acids is 1. The molecule has 4 aromatic carbocycles. The molecule has 1 saturated heterocycles. The van der Waals surface area contributed by atoms with Crippen LogP contribution in [-0.4, -0.2) is 19.1 Å². The number of benzene rings is 4. The molecule has 1 spiro atoms. The van der Waals surface area contributed by atoms with E-state index in [-0.39, 0.29) is 5.97 Å². The second-order valence-electron chi connectivity index (χ2n) is 10.9. The van der Waals surface area contributed by atoms with Crippen LogP contribution in [-0.2, 0) is 10.3 Å². The average molecular weight is 503 g/mol. The maximum atomic E-state index is 13.3. The molecule has 5 nitrogen and oxygen atoms in total. The smallest absolute Gasteiger partial charge is 0.340 e. The number of anilines is 3. The molecule has 0 aromatic heterocycles. The summed E-state index contributed by atoms with van der Waals surface area (Å²) in [5.41, 5.74) is 6.14. The van der Waals surface area contributed by atoms with Crippen LogP contribution < -0.4 is 15.0 Å². The Kier molecular flexibility index (Phi) is 5.05. The first-order chi connectivity index (χ1) is 18.4. The highest BCUT2D eigenvalue weighted by atomic mass is 16.6. The largest absolute Gasteiger partial charge is 0.456 e. The molecule has 0 radical (unpaired) electrons. The predicted molar refractivity (Wildman–Crippen MR) is 150 cm³/mol. The van der Waals surface area contributed by atoms with Crippen molar-refractivity contribution in [1.29, 1.82) is 0 Å². The van der Waals surface area contributed by atoms with Crippen molar-refractivity contribution < 1.29 is 14.3 Å². The number of hydrogen-bond acceptors (Lipinski definition) is 5. The summed E-state index contributed by atoms with van der Waals surface area (Å²) in [5.74, 6) is 2.40. The van der Waals surface area contributed by atoms with Gasteiger partial charge < -0.3 is 19.7 Å². The number of nitrogens with zero attached hydrogens (tertiary/aromatic N) is 1. The molecule has 3 atom stereocenters. The number of rotatable bonds is 3. The number of fused-ring (bicyclic) bond motifs is 6. The zero-order valence-electron chi connectivity index (χ0n) is 21.8. The van der Waals surface area contributed by atoms with Crippen LogP contribution in [0.4, 0.5) is 17.1 Å². The Balaban J connectivity index is 1.41. The lowest BCUT2D eigenvalue weighted by Crippen LogP contribution is -2.33. The minimum Gasteiger partial charge on any atom is -0.456 e. The van der Waals surface area contributed by atoms with Crippen LogP contribution in [0.3, 0.4) is 0 Å². The molecule has 0 aliphatic carbocycles. The number of hydrogen-bond donors (Lipinski definition) is 1. The number of para-hydroxylation sites is 1. The summed E-state index contributed by atoms with van der Waals surface area (Å²) in [6, 6.07) is 28.2. The van der Waals surface area contributed by atoms with Gasteiger partial charge in [0.05, 0.1) is 5.56 Å². The number of aryl methyl sites for hydroxylation is 1. The van der Waals surface area contributed by atoms with E-state index in [0.29, 0.717) is 23.1 Å². The fourth-order valence-corrected chi connectivity index (χ4v) is 6.16. The van der Waals surface area contributed by atoms with Gasteiger partial charge in [0.2, 0.25) is 0 Å². The van der Waals surface area contributed by atoms with E-state index in [2.05, 4.69) is 55.3 Å². The fourth-order valence-electron chi connectivity index (χ4n) is 6.16. The Morgan fingerprint density at radius 1 is 0.816 bits per heavy atom. The van der Waals surface area contributed by atoms with Gasteiger partial charge in [-0.2, -0.15) is 0 Å². The second kappa shape index (κ2) is 8.38. The molecule has 3 heterocycles. The topological polar surface area (TPSA) is 50.8 Å². The average Bonchev–Trinajstić information content (AvgIpc) is 3.42. The molecule has 3 unspecified atom stereocenters. The Morgan fingerprint density at radius 2 is 1.53 bits per heavy atom. The van der Waals surface area contributed by atoms with E-state index in [4.69, 9.17) is 9.47 Å². The summed E-state index contributed by atoms with van der Waals surface area (Å²) >= 11 is 0. The van der Waals surface area contributed by atoms with Gasteiger partial charge in [-0.1, -0.05) is 50.2 Å². The summed E-state index contributed by atoms with van der Waals surface area (Å²) in [6.45, 7) is 8.72. The molecule has 0 bridgehead atoms. The monoisotopic (exact) mass is 502 g/mol. The van der Waals surface area contributed by atoms with E-state index in [1.54, 1.807) is 0 Å². The first-order valence-corrected chi connectivity index (χ1v) is 13.3. The van der Waals surface area contributed by atoms with Crippen LogP contribution in [0.5, 0.6) is 11.5 Å². The number of esters is 1. The molecular formula is C33H30N2O3. The number of nitrogens with one attached hydrogen (secondary N) is 1. The predicted octanol–water partition coefficient (Wildman–Crippen LogP) is 7.40. The van der Waals surface area contributed by atoms with Gasteiger partial charge in [0.25, 0.3) is 0 Å². The zero-order chi connectivity index (χ0) is 26.0. The molecule has 3 aliphatic rings. The molecular weight excluding hydrogens is 472 g/mol. The lowest BCUT2D eigenvalue weighted by Gasteiger charge is -2.37. The van der Waals surface area contributed by atoms with Gasteiger partial charge in [-0.15, -0.1) is 0 Å². The van der Waals surface area contributed by atoms with Crippen LogP contribution in [0.2, 0.25) is 0 Å². The lowest BCUT2D eigenvalue weighted by atomic mass is 9.77. The molecule has 1 fully saturated rings. The maximum absolute atomic E-state index is 13.3. The van der Waals surface area contributed by atoms with Crippen molar-refractivity contribution in [2.45, 2.75) is 26.4 Å². The second-order valence-corrected chi connectivity index (χ2v) is 10.9. The zero-order valence-corrected chi connectivity index (χ0v) is 21.8. The van der Waals surface area contributed by atoms with Crippen molar-refractivity contribution in [3.63, 3.8) is 0 Å². The first kappa shape index (κ1) is 22.9. The molecule has 3 aliphatic heterocycles. The van der Waals surface area contributed by atoms with Crippen LogP contribution in [0.15, 0.2) is 84.9 Å². The van der Waals surface area contributed by atoms with Crippen LogP contribution >= 0.6 is 0 Å². The molecule has 190 valence electrons. The summed E-state index contributed by atoms with van der Waals surface area (Å²) in [7, 11) is 0. The minimum absolute atomic E-state index is 0.316. The summed E-state index contributed by atoms with van der Waals surface area (Å²) in [5, 5.41) is 3.54. The molecule has 0 amide bonds. The van der Waals surface area contributed by atoms with E-state index in [1.807, 2.05) is 60.7 Å². The summed E-state index contributed by atoms with van der Waals surface area (Å²) < 4.78 is 13.0. The van der Waals surface area contributed by atoms with Crippen molar-refractivity contribution in [2.24, 2.45) is 11.8 Å². The van der Waals surface area contributed by atoms with Crippen LogP contribution in [0.1, 0.15) is 46.5 Å². The van der Waals surface area contributed by atoms with Crippen molar-refractivity contribution in [1.82, 2.24) is 0 Å². The molecule has 38 heavy (non-hydrogen) atoms. The molecule has 1 N–H and O–H groups in total. The van der Waals surface area contributed by atoms with Gasteiger partial charge in [-0.25, -0.2) is 4.79 Å². The van der Waals surface area contributed by atoms with Crippen molar-refractivity contribution in [2.75, 3.05) is 23.3 Å². The lowest BCUT2D eigenvalue weighted by molar-refractivity contribution is 0.0224. The third kappa shape index (κ3) is 3.34. The normalized spacial score (nSPS) is 22.9. The van der Waals surface area contributed by atoms with Crippen LogP contribution in [0.25, 0.3) is 0 Å². The van der Waals surface area contributed by atoms with E-state index in [1.165, 1.54) is 0 Å². The van der Waals surface area contributed by atoms with Gasteiger partial charge in [0.1, 0.15) is 11.5 Å². The number of ether oxygens (including phenoxy) is 2. The molecule has 4 aromatic rings.